The average Bonchev–Trinajstić information content (AvgIpc) is 2.44. The fourth-order valence-electron chi connectivity index (χ4n) is 1.69. The van der Waals surface area contributed by atoms with E-state index < -0.39 is 11.9 Å². The summed E-state index contributed by atoms with van der Waals surface area (Å²) < 4.78 is 0. The van der Waals surface area contributed by atoms with Crippen LogP contribution in [0.4, 0.5) is 11.4 Å². The molecule has 0 aliphatic rings. The molecule has 0 saturated carbocycles. The molecule has 21 heavy (non-hydrogen) atoms. The van der Waals surface area contributed by atoms with Gasteiger partial charge in [0.2, 0.25) is 0 Å². The minimum absolute atomic E-state index is 0.0153. The van der Waals surface area contributed by atoms with E-state index in [1.165, 1.54) is 24.3 Å². The van der Waals surface area contributed by atoms with Crippen molar-refractivity contribution in [3.8, 4) is 0 Å². The molecule has 7 heteroatoms. The molecule has 0 fully saturated rings. The number of nitrogens with one attached hydrogen (secondary N) is 1. The summed E-state index contributed by atoms with van der Waals surface area (Å²) in [5.41, 5.74) is 6.12. The van der Waals surface area contributed by atoms with Crippen LogP contribution < -0.4 is 11.1 Å². The molecule has 0 aliphatic heterocycles. The fourth-order valence-corrected chi connectivity index (χ4v) is 2.18. The number of carboxylic acid groups (broad SMARTS) is 1. The first-order valence-corrected chi connectivity index (χ1v) is 6.54. The van der Waals surface area contributed by atoms with E-state index in [1.807, 2.05) is 0 Å². The summed E-state index contributed by atoms with van der Waals surface area (Å²) in [5, 5.41) is 11.9. The molecule has 0 spiro atoms. The van der Waals surface area contributed by atoms with Gasteiger partial charge in [0.25, 0.3) is 5.91 Å². The second kappa shape index (κ2) is 6.03. The summed E-state index contributed by atoms with van der Waals surface area (Å²) in [5.74, 6) is -1.67. The van der Waals surface area contributed by atoms with Crippen molar-refractivity contribution in [1.82, 2.24) is 0 Å². The Morgan fingerprint density at radius 3 is 2.24 bits per heavy atom. The van der Waals surface area contributed by atoms with Crippen molar-refractivity contribution in [1.29, 1.82) is 0 Å². The smallest absolute Gasteiger partial charge is 0.337 e. The van der Waals surface area contributed by atoms with E-state index in [4.69, 9.17) is 34.0 Å². The van der Waals surface area contributed by atoms with Crippen LogP contribution in [0.5, 0.6) is 0 Å². The molecule has 0 radical (unpaired) electrons. The summed E-state index contributed by atoms with van der Waals surface area (Å²) in [7, 11) is 0. The minimum Gasteiger partial charge on any atom is -0.478 e. The number of para-hydroxylation sites is 1. The molecular formula is C14H10Cl2N2O3. The van der Waals surface area contributed by atoms with E-state index in [2.05, 4.69) is 5.32 Å². The van der Waals surface area contributed by atoms with Gasteiger partial charge in [-0.2, -0.15) is 0 Å². The maximum absolute atomic E-state index is 12.1. The molecule has 2 rings (SSSR count). The summed E-state index contributed by atoms with van der Waals surface area (Å²) >= 11 is 11.7. The topological polar surface area (TPSA) is 92.4 Å². The Kier molecular flexibility index (Phi) is 4.35. The molecule has 0 unspecified atom stereocenters. The van der Waals surface area contributed by atoms with Crippen LogP contribution in [-0.4, -0.2) is 17.0 Å². The third-order valence-electron chi connectivity index (χ3n) is 2.75. The molecule has 0 atom stereocenters. The SMILES string of the molecule is Nc1c(Cl)cc(C(=O)Nc2ccccc2C(=O)O)cc1Cl. The third-order valence-corrected chi connectivity index (χ3v) is 3.37. The molecular weight excluding hydrogens is 315 g/mol. The number of nitrogen functional groups attached to an aromatic ring is 1. The Bertz CT molecular complexity index is 709. The van der Waals surface area contributed by atoms with E-state index in [0.717, 1.165) is 0 Å². The lowest BCUT2D eigenvalue weighted by atomic mass is 10.1. The van der Waals surface area contributed by atoms with E-state index in [9.17, 15) is 9.59 Å². The molecule has 2 aromatic rings. The maximum Gasteiger partial charge on any atom is 0.337 e. The number of rotatable bonds is 3. The molecule has 0 aromatic heterocycles. The number of amides is 1. The van der Waals surface area contributed by atoms with Crippen LogP contribution in [0.15, 0.2) is 36.4 Å². The van der Waals surface area contributed by atoms with Gasteiger partial charge in [-0.25, -0.2) is 4.79 Å². The average molecular weight is 325 g/mol. The number of hydrogen-bond donors (Lipinski definition) is 3. The molecule has 0 heterocycles. The first-order chi connectivity index (χ1) is 9.90. The van der Waals surface area contributed by atoms with Crippen LogP contribution in [0.25, 0.3) is 0 Å². The number of hydrogen-bond acceptors (Lipinski definition) is 3. The van der Waals surface area contributed by atoms with Crippen molar-refractivity contribution in [3.63, 3.8) is 0 Å². The summed E-state index contributed by atoms with van der Waals surface area (Å²) in [6, 6.07) is 8.78. The second-order valence-corrected chi connectivity index (χ2v) is 4.97. The van der Waals surface area contributed by atoms with Gasteiger partial charge < -0.3 is 16.2 Å². The van der Waals surface area contributed by atoms with Gasteiger partial charge >= 0.3 is 5.97 Å². The third kappa shape index (κ3) is 3.26. The highest BCUT2D eigenvalue weighted by molar-refractivity contribution is 6.39. The van der Waals surface area contributed by atoms with Crippen LogP contribution in [0, 0.1) is 0 Å². The van der Waals surface area contributed by atoms with Crippen molar-refractivity contribution < 1.29 is 14.7 Å². The molecule has 108 valence electrons. The lowest BCUT2D eigenvalue weighted by Crippen LogP contribution is -2.15. The molecule has 5 nitrogen and oxygen atoms in total. The lowest BCUT2D eigenvalue weighted by Gasteiger charge is -2.10. The van der Waals surface area contributed by atoms with Gasteiger partial charge in [0.15, 0.2) is 0 Å². The van der Waals surface area contributed by atoms with Gasteiger partial charge in [0.1, 0.15) is 0 Å². The Hall–Kier alpha value is -2.24. The van der Waals surface area contributed by atoms with Gasteiger partial charge in [0, 0.05) is 5.56 Å². The van der Waals surface area contributed by atoms with E-state index in [0.29, 0.717) is 0 Å². The van der Waals surface area contributed by atoms with Gasteiger partial charge in [-0.05, 0) is 24.3 Å². The first-order valence-electron chi connectivity index (χ1n) is 5.78. The number of halogens is 2. The molecule has 4 N–H and O–H groups in total. The standard InChI is InChI=1S/C14H10Cl2N2O3/c15-9-5-7(6-10(16)12(9)17)13(19)18-11-4-2-1-3-8(11)14(20)21/h1-6H,17H2,(H,18,19)(H,20,21). The molecule has 0 saturated heterocycles. The number of benzene rings is 2. The number of carboxylic acids is 1. The zero-order valence-corrected chi connectivity index (χ0v) is 12.1. The molecule has 1 amide bonds. The normalized spacial score (nSPS) is 10.2. The van der Waals surface area contributed by atoms with Gasteiger partial charge in [0.05, 0.1) is 27.0 Å². The zero-order chi connectivity index (χ0) is 15.6. The van der Waals surface area contributed by atoms with Crippen LogP contribution in [-0.2, 0) is 0 Å². The molecule has 0 bridgehead atoms. The summed E-state index contributed by atoms with van der Waals surface area (Å²) in [4.78, 5) is 23.2. The number of carbonyl (C=O) groups excluding carboxylic acids is 1. The summed E-state index contributed by atoms with van der Waals surface area (Å²) in [6.07, 6.45) is 0. The van der Waals surface area contributed by atoms with Crippen LogP contribution in [0.2, 0.25) is 10.0 Å². The largest absolute Gasteiger partial charge is 0.478 e. The maximum atomic E-state index is 12.1. The lowest BCUT2D eigenvalue weighted by molar-refractivity contribution is 0.0698. The quantitative estimate of drug-likeness (QED) is 0.753. The van der Waals surface area contributed by atoms with Gasteiger partial charge in [-0.15, -0.1) is 0 Å². The summed E-state index contributed by atoms with van der Waals surface area (Å²) in [6.45, 7) is 0. The van der Waals surface area contributed by atoms with Crippen LogP contribution >= 0.6 is 23.2 Å². The number of anilines is 2. The molecule has 0 aliphatic carbocycles. The number of carbonyl (C=O) groups is 2. The van der Waals surface area contributed by atoms with Crippen molar-refractivity contribution >= 4 is 46.5 Å². The minimum atomic E-state index is -1.14. The zero-order valence-electron chi connectivity index (χ0n) is 10.6. The Labute approximate surface area is 130 Å². The van der Waals surface area contributed by atoms with Crippen LogP contribution in [0.3, 0.4) is 0 Å². The number of nitrogens with two attached hydrogens (primary N) is 1. The Morgan fingerprint density at radius 1 is 1.10 bits per heavy atom. The van der Waals surface area contributed by atoms with Gasteiger partial charge in [-0.1, -0.05) is 35.3 Å². The Balaban J connectivity index is 2.33. The second-order valence-electron chi connectivity index (χ2n) is 4.16. The van der Waals surface area contributed by atoms with Crippen molar-refractivity contribution in [2.45, 2.75) is 0 Å². The van der Waals surface area contributed by atoms with Crippen LogP contribution in [0.1, 0.15) is 20.7 Å². The highest BCUT2D eigenvalue weighted by atomic mass is 35.5. The van der Waals surface area contributed by atoms with Crippen molar-refractivity contribution in [2.24, 2.45) is 0 Å². The van der Waals surface area contributed by atoms with E-state index in [-0.39, 0.29) is 32.5 Å². The highest BCUT2D eigenvalue weighted by Crippen LogP contribution is 2.29. The first kappa shape index (κ1) is 15.2. The Morgan fingerprint density at radius 2 is 1.67 bits per heavy atom. The van der Waals surface area contributed by atoms with Gasteiger partial charge in [-0.3, -0.25) is 4.79 Å². The van der Waals surface area contributed by atoms with Crippen molar-refractivity contribution in [2.75, 3.05) is 11.1 Å². The van der Waals surface area contributed by atoms with Crippen molar-refractivity contribution in [3.05, 3.63) is 57.6 Å². The predicted molar refractivity (Wildman–Crippen MR) is 82.2 cm³/mol. The monoisotopic (exact) mass is 324 g/mol. The predicted octanol–water partition coefficient (Wildman–Crippen LogP) is 3.53. The fraction of sp³-hybridized carbons (Fsp3) is 0. The number of aromatic carboxylic acids is 1. The highest BCUT2D eigenvalue weighted by Gasteiger charge is 2.15. The molecule has 2 aromatic carbocycles. The van der Waals surface area contributed by atoms with E-state index in [1.54, 1.807) is 12.1 Å². The van der Waals surface area contributed by atoms with E-state index >= 15 is 0 Å².